The van der Waals surface area contributed by atoms with Gasteiger partial charge < -0.3 is 0 Å². The third-order valence-electron chi connectivity index (χ3n) is 4.70. The molecule has 4 aromatic rings. The number of hydrogen-bond donors (Lipinski definition) is 0. The van der Waals surface area contributed by atoms with E-state index >= 15 is 0 Å². The number of hydrogen-bond acceptors (Lipinski definition) is 2. The van der Waals surface area contributed by atoms with Crippen molar-refractivity contribution in [2.24, 2.45) is 0 Å². The summed E-state index contributed by atoms with van der Waals surface area (Å²) < 4.78 is 2.93. The summed E-state index contributed by atoms with van der Waals surface area (Å²) >= 11 is 0. The molecule has 4 rings (SSSR count). The monoisotopic (exact) mass is 368 g/mol. The van der Waals surface area contributed by atoms with Gasteiger partial charge in [0, 0.05) is 6.20 Å². The number of aromatic nitrogens is 2. The van der Waals surface area contributed by atoms with Crippen LogP contribution in [0.4, 0.5) is 0 Å². The molecule has 0 bridgehead atoms. The number of nitrogens with zero attached hydrogens (tertiary/aromatic N) is 2. The molecule has 0 radical (unpaired) electrons. The Morgan fingerprint density at radius 1 is 0.607 bits per heavy atom. The molecule has 0 N–H and O–H groups in total. The smallest absolute Gasteiger partial charge is 0.295 e. The molecule has 1 aromatic heterocycles. The van der Waals surface area contributed by atoms with Gasteiger partial charge in [-0.1, -0.05) is 91.0 Å². The normalized spacial score (nSPS) is 10.7. The molecule has 1 heterocycles. The minimum atomic E-state index is -0.308. The van der Waals surface area contributed by atoms with Crippen LogP contribution >= 0.6 is 0 Å². The van der Waals surface area contributed by atoms with Crippen LogP contribution in [0.5, 0.6) is 0 Å². The Morgan fingerprint density at radius 2 is 1.11 bits per heavy atom. The second kappa shape index (κ2) is 7.92. The maximum Gasteiger partial charge on any atom is 0.331 e. The van der Waals surface area contributed by atoms with Gasteiger partial charge in [-0.05, 0) is 16.7 Å². The van der Waals surface area contributed by atoms with E-state index in [1.165, 1.54) is 4.57 Å². The molecule has 28 heavy (non-hydrogen) atoms. The quantitative estimate of drug-likeness (QED) is 0.538. The molecule has 3 aromatic carbocycles. The first-order valence-electron chi connectivity index (χ1n) is 9.20. The summed E-state index contributed by atoms with van der Waals surface area (Å²) in [4.78, 5) is 26.3. The number of rotatable bonds is 5. The first-order valence-corrected chi connectivity index (χ1v) is 9.20. The zero-order valence-electron chi connectivity index (χ0n) is 15.4. The molecule has 0 aliphatic heterocycles. The molecule has 0 unspecified atom stereocenters. The van der Waals surface area contributed by atoms with Gasteiger partial charge in [0.05, 0.1) is 18.7 Å². The summed E-state index contributed by atoms with van der Waals surface area (Å²) in [6.45, 7) is 0.655. The first kappa shape index (κ1) is 17.7. The fraction of sp³-hybridized carbons (Fsp3) is 0.0833. The predicted molar refractivity (Wildman–Crippen MR) is 111 cm³/mol. The molecule has 4 nitrogen and oxygen atoms in total. The third-order valence-corrected chi connectivity index (χ3v) is 4.70. The summed E-state index contributed by atoms with van der Waals surface area (Å²) in [6.07, 6.45) is 1.68. The molecule has 0 fully saturated rings. The van der Waals surface area contributed by atoms with Gasteiger partial charge in [-0.15, -0.1) is 0 Å². The van der Waals surface area contributed by atoms with E-state index in [4.69, 9.17) is 0 Å². The molecule has 0 amide bonds. The number of benzene rings is 3. The molecule has 0 spiro atoms. The fourth-order valence-electron chi connectivity index (χ4n) is 3.27. The highest BCUT2D eigenvalue weighted by Gasteiger charge is 2.13. The van der Waals surface area contributed by atoms with Crippen molar-refractivity contribution in [2.75, 3.05) is 0 Å². The van der Waals surface area contributed by atoms with E-state index in [0.717, 1.165) is 16.7 Å². The Labute approximate surface area is 163 Å². The van der Waals surface area contributed by atoms with Crippen molar-refractivity contribution in [1.82, 2.24) is 9.13 Å². The van der Waals surface area contributed by atoms with Gasteiger partial charge in [-0.25, -0.2) is 4.79 Å². The van der Waals surface area contributed by atoms with E-state index in [2.05, 4.69) is 0 Å². The van der Waals surface area contributed by atoms with E-state index in [1.54, 1.807) is 10.8 Å². The second-order valence-corrected chi connectivity index (χ2v) is 6.68. The van der Waals surface area contributed by atoms with Crippen molar-refractivity contribution in [1.29, 1.82) is 0 Å². The molecule has 4 heteroatoms. The Bertz CT molecular complexity index is 1180. The Balaban J connectivity index is 1.87. The first-order chi connectivity index (χ1) is 13.7. The van der Waals surface area contributed by atoms with Crippen LogP contribution in [0.25, 0.3) is 11.1 Å². The van der Waals surface area contributed by atoms with Gasteiger partial charge in [0.15, 0.2) is 0 Å². The van der Waals surface area contributed by atoms with Crippen LogP contribution in [0.1, 0.15) is 11.1 Å². The summed E-state index contributed by atoms with van der Waals surface area (Å²) in [7, 11) is 0. The molecular formula is C24H20N2O2. The molecule has 0 saturated heterocycles. The van der Waals surface area contributed by atoms with E-state index in [0.29, 0.717) is 12.1 Å². The Morgan fingerprint density at radius 3 is 1.68 bits per heavy atom. The zero-order valence-corrected chi connectivity index (χ0v) is 15.4. The lowest BCUT2D eigenvalue weighted by Gasteiger charge is -2.14. The van der Waals surface area contributed by atoms with Crippen LogP contribution in [0.2, 0.25) is 0 Å². The SMILES string of the molecule is O=c1c(-c2ccccc2)cn(Cc2ccccc2)c(=O)n1Cc1ccccc1. The minimum absolute atomic E-state index is 0.244. The van der Waals surface area contributed by atoms with Gasteiger partial charge in [0.2, 0.25) is 0 Å². The van der Waals surface area contributed by atoms with E-state index in [9.17, 15) is 9.59 Å². The topological polar surface area (TPSA) is 44.0 Å². The van der Waals surface area contributed by atoms with E-state index in [-0.39, 0.29) is 17.8 Å². The van der Waals surface area contributed by atoms with Crippen molar-refractivity contribution in [3.05, 3.63) is 129 Å². The molecule has 138 valence electrons. The van der Waals surface area contributed by atoms with E-state index < -0.39 is 0 Å². The molecule has 0 saturated carbocycles. The maximum absolute atomic E-state index is 13.1. The molecule has 0 aliphatic carbocycles. The van der Waals surface area contributed by atoms with Gasteiger partial charge in [0.1, 0.15) is 0 Å². The van der Waals surface area contributed by atoms with Gasteiger partial charge >= 0.3 is 5.69 Å². The third kappa shape index (κ3) is 3.71. The second-order valence-electron chi connectivity index (χ2n) is 6.68. The highest BCUT2D eigenvalue weighted by molar-refractivity contribution is 5.61. The van der Waals surface area contributed by atoms with Gasteiger partial charge in [-0.3, -0.25) is 13.9 Å². The average molecular weight is 368 g/mol. The molecule has 0 aliphatic rings. The van der Waals surface area contributed by atoms with Gasteiger partial charge in [-0.2, -0.15) is 0 Å². The Kier molecular flexibility index (Phi) is 5.02. The van der Waals surface area contributed by atoms with Crippen LogP contribution in [0.3, 0.4) is 0 Å². The van der Waals surface area contributed by atoms with Crippen molar-refractivity contribution < 1.29 is 0 Å². The van der Waals surface area contributed by atoms with Crippen molar-refractivity contribution in [3.8, 4) is 11.1 Å². The van der Waals surface area contributed by atoms with Crippen molar-refractivity contribution in [3.63, 3.8) is 0 Å². The summed E-state index contributed by atoms with van der Waals surface area (Å²) in [5.74, 6) is 0. The van der Waals surface area contributed by atoms with Crippen LogP contribution in [0, 0.1) is 0 Å². The standard InChI is InChI=1S/C24H20N2O2/c27-23-22(21-14-8-3-9-15-21)18-25(16-19-10-4-1-5-11-19)24(28)26(23)17-20-12-6-2-7-13-20/h1-15,18H,16-17H2. The average Bonchev–Trinajstić information content (AvgIpc) is 2.75. The van der Waals surface area contributed by atoms with Gasteiger partial charge in [0.25, 0.3) is 5.56 Å². The highest BCUT2D eigenvalue weighted by Crippen LogP contribution is 2.14. The fourth-order valence-corrected chi connectivity index (χ4v) is 3.27. The Hall–Kier alpha value is -3.66. The minimum Gasteiger partial charge on any atom is -0.295 e. The lowest BCUT2D eigenvalue weighted by Crippen LogP contribution is -2.40. The maximum atomic E-state index is 13.1. The summed E-state index contributed by atoms with van der Waals surface area (Å²) in [5, 5.41) is 0. The molecular weight excluding hydrogens is 348 g/mol. The van der Waals surface area contributed by atoms with Crippen LogP contribution in [-0.4, -0.2) is 9.13 Å². The lowest BCUT2D eigenvalue weighted by molar-refractivity contribution is 0.614. The van der Waals surface area contributed by atoms with Crippen LogP contribution in [0.15, 0.2) is 107 Å². The zero-order chi connectivity index (χ0) is 19.3. The van der Waals surface area contributed by atoms with E-state index in [1.807, 2.05) is 91.0 Å². The summed E-state index contributed by atoms with van der Waals surface area (Å²) in [6, 6.07) is 28.8. The molecule has 0 atom stereocenters. The predicted octanol–water partition coefficient (Wildman–Crippen LogP) is 3.77. The highest BCUT2D eigenvalue weighted by atomic mass is 16.2. The van der Waals surface area contributed by atoms with Crippen molar-refractivity contribution in [2.45, 2.75) is 13.1 Å². The van der Waals surface area contributed by atoms with Crippen molar-refractivity contribution >= 4 is 0 Å². The summed E-state index contributed by atoms with van der Waals surface area (Å²) in [5.41, 5.74) is 2.66. The van der Waals surface area contributed by atoms with Crippen LogP contribution < -0.4 is 11.2 Å². The largest absolute Gasteiger partial charge is 0.331 e. The lowest BCUT2D eigenvalue weighted by atomic mass is 10.1. The van der Waals surface area contributed by atoms with Crippen LogP contribution in [-0.2, 0) is 13.1 Å².